The van der Waals surface area contributed by atoms with Gasteiger partial charge in [-0.05, 0) is 29.8 Å². The van der Waals surface area contributed by atoms with Gasteiger partial charge in [-0.3, -0.25) is 5.01 Å². The second-order valence-electron chi connectivity index (χ2n) is 4.59. The first-order valence-electron chi connectivity index (χ1n) is 6.27. The van der Waals surface area contributed by atoms with Gasteiger partial charge in [0, 0.05) is 26.8 Å². The van der Waals surface area contributed by atoms with Crippen LogP contribution in [-0.2, 0) is 0 Å². The Morgan fingerprint density at radius 1 is 0.789 bits per heavy atom. The van der Waals surface area contributed by atoms with Crippen molar-refractivity contribution in [2.75, 3.05) is 31.1 Å². The van der Waals surface area contributed by atoms with Gasteiger partial charge in [0.2, 0.25) is 0 Å². The number of para-hydroxylation sites is 1. The highest BCUT2D eigenvalue weighted by atomic mass is 15.4. The zero-order valence-electron chi connectivity index (χ0n) is 11.6. The van der Waals surface area contributed by atoms with Crippen molar-refractivity contribution in [1.29, 1.82) is 0 Å². The van der Waals surface area contributed by atoms with E-state index in [1.807, 2.05) is 62.7 Å². The van der Waals surface area contributed by atoms with Crippen molar-refractivity contribution in [2.24, 2.45) is 5.10 Å². The summed E-state index contributed by atoms with van der Waals surface area (Å²) in [7, 11) is 6.01. The van der Waals surface area contributed by atoms with Gasteiger partial charge in [-0.2, -0.15) is 5.10 Å². The van der Waals surface area contributed by atoms with Gasteiger partial charge in [-0.1, -0.05) is 30.3 Å². The Balaban J connectivity index is 2.06. The fourth-order valence-electron chi connectivity index (χ4n) is 1.72. The van der Waals surface area contributed by atoms with E-state index in [1.54, 1.807) is 0 Å². The number of hydrogen-bond donors (Lipinski definition) is 0. The highest BCUT2D eigenvalue weighted by Crippen LogP contribution is 2.13. The molecule has 0 aliphatic carbocycles. The van der Waals surface area contributed by atoms with E-state index in [1.165, 1.54) is 5.69 Å². The van der Waals surface area contributed by atoms with Gasteiger partial charge in [0.15, 0.2) is 0 Å². The molecule has 0 radical (unpaired) electrons. The molecule has 0 amide bonds. The Bertz CT molecular complexity index is 530. The molecule has 2 rings (SSSR count). The molecule has 3 nitrogen and oxygen atoms in total. The summed E-state index contributed by atoms with van der Waals surface area (Å²) >= 11 is 0. The Hall–Kier alpha value is -2.29. The predicted molar refractivity (Wildman–Crippen MR) is 83.2 cm³/mol. The van der Waals surface area contributed by atoms with Crippen molar-refractivity contribution in [3.8, 4) is 0 Å². The lowest BCUT2D eigenvalue weighted by atomic mass is 10.2. The van der Waals surface area contributed by atoms with Gasteiger partial charge >= 0.3 is 0 Å². The van der Waals surface area contributed by atoms with Crippen LogP contribution in [0.4, 0.5) is 11.4 Å². The van der Waals surface area contributed by atoms with Crippen LogP contribution in [0.1, 0.15) is 5.56 Å². The third kappa shape index (κ3) is 3.58. The molecule has 0 saturated carbocycles. The summed E-state index contributed by atoms with van der Waals surface area (Å²) in [5.41, 5.74) is 3.35. The average Bonchev–Trinajstić information content (AvgIpc) is 2.46. The van der Waals surface area contributed by atoms with Crippen molar-refractivity contribution in [3.63, 3.8) is 0 Å². The molecule has 0 fully saturated rings. The smallest absolute Gasteiger partial charge is 0.0590 e. The summed E-state index contributed by atoms with van der Waals surface area (Å²) < 4.78 is 0. The van der Waals surface area contributed by atoms with Gasteiger partial charge in [0.05, 0.1) is 11.9 Å². The summed E-state index contributed by atoms with van der Waals surface area (Å²) in [4.78, 5) is 2.08. The lowest BCUT2D eigenvalue weighted by molar-refractivity contribution is 1.02. The Labute approximate surface area is 114 Å². The molecular weight excluding hydrogens is 234 g/mol. The first-order chi connectivity index (χ1) is 9.16. The van der Waals surface area contributed by atoms with Crippen LogP contribution in [0, 0.1) is 0 Å². The molecule has 0 unspecified atom stereocenters. The van der Waals surface area contributed by atoms with Crippen molar-refractivity contribution < 1.29 is 0 Å². The third-order valence-corrected chi connectivity index (χ3v) is 2.92. The summed E-state index contributed by atoms with van der Waals surface area (Å²) in [5, 5.41) is 6.29. The van der Waals surface area contributed by atoms with E-state index in [-0.39, 0.29) is 0 Å². The minimum Gasteiger partial charge on any atom is -0.378 e. The molecule has 2 aromatic rings. The fourth-order valence-corrected chi connectivity index (χ4v) is 1.72. The van der Waals surface area contributed by atoms with Gasteiger partial charge in [-0.25, -0.2) is 0 Å². The van der Waals surface area contributed by atoms with Gasteiger partial charge < -0.3 is 4.90 Å². The number of rotatable bonds is 4. The molecule has 0 aromatic heterocycles. The van der Waals surface area contributed by atoms with E-state index in [4.69, 9.17) is 0 Å². The number of nitrogens with zero attached hydrogens (tertiary/aromatic N) is 3. The SMILES string of the molecule is CN(C)c1ccc(C=NN(C)c2ccccc2)cc1. The van der Waals surface area contributed by atoms with Crippen molar-refractivity contribution >= 4 is 17.6 Å². The standard InChI is InChI=1S/C16H19N3/c1-18(2)15-11-9-14(10-12-15)13-17-19(3)16-7-5-4-6-8-16/h4-13H,1-3H3. The number of hydrogen-bond acceptors (Lipinski definition) is 3. The van der Waals surface area contributed by atoms with E-state index < -0.39 is 0 Å². The summed E-state index contributed by atoms with van der Waals surface area (Å²) in [6.45, 7) is 0. The summed E-state index contributed by atoms with van der Waals surface area (Å²) in [6, 6.07) is 18.4. The number of benzene rings is 2. The summed E-state index contributed by atoms with van der Waals surface area (Å²) in [5.74, 6) is 0. The molecule has 19 heavy (non-hydrogen) atoms. The van der Waals surface area contributed by atoms with Gasteiger partial charge in [-0.15, -0.1) is 0 Å². The first kappa shape index (κ1) is 13.1. The molecule has 2 aromatic carbocycles. The van der Waals surface area contributed by atoms with E-state index in [9.17, 15) is 0 Å². The zero-order valence-corrected chi connectivity index (χ0v) is 11.6. The molecule has 0 aliphatic rings. The van der Waals surface area contributed by atoms with Crippen LogP contribution in [-0.4, -0.2) is 27.4 Å². The average molecular weight is 253 g/mol. The minimum absolute atomic E-state index is 1.07. The normalized spacial score (nSPS) is 10.7. The molecule has 0 spiro atoms. The molecule has 0 heterocycles. The highest BCUT2D eigenvalue weighted by Gasteiger charge is 1.97. The largest absolute Gasteiger partial charge is 0.378 e. The quantitative estimate of drug-likeness (QED) is 0.615. The van der Waals surface area contributed by atoms with Crippen LogP contribution in [0.25, 0.3) is 0 Å². The van der Waals surface area contributed by atoms with E-state index in [0.717, 1.165) is 11.3 Å². The second kappa shape index (κ2) is 6.05. The van der Waals surface area contributed by atoms with E-state index in [2.05, 4.69) is 34.3 Å². The molecule has 0 saturated heterocycles. The highest BCUT2D eigenvalue weighted by molar-refractivity contribution is 5.81. The van der Waals surface area contributed by atoms with E-state index in [0.29, 0.717) is 0 Å². The molecule has 0 aliphatic heterocycles. The Morgan fingerprint density at radius 2 is 1.42 bits per heavy atom. The predicted octanol–water partition coefficient (Wildman–Crippen LogP) is 3.22. The summed E-state index contributed by atoms with van der Waals surface area (Å²) in [6.07, 6.45) is 1.87. The van der Waals surface area contributed by atoms with Crippen molar-refractivity contribution in [3.05, 3.63) is 60.2 Å². The lowest BCUT2D eigenvalue weighted by Crippen LogP contribution is -2.09. The van der Waals surface area contributed by atoms with Gasteiger partial charge in [0.25, 0.3) is 0 Å². The molecule has 3 heteroatoms. The second-order valence-corrected chi connectivity index (χ2v) is 4.59. The van der Waals surface area contributed by atoms with Crippen LogP contribution in [0.2, 0.25) is 0 Å². The van der Waals surface area contributed by atoms with Crippen molar-refractivity contribution in [2.45, 2.75) is 0 Å². The first-order valence-corrected chi connectivity index (χ1v) is 6.27. The van der Waals surface area contributed by atoms with Crippen LogP contribution < -0.4 is 9.91 Å². The Kier molecular flexibility index (Phi) is 4.18. The van der Waals surface area contributed by atoms with Crippen LogP contribution in [0.5, 0.6) is 0 Å². The number of hydrazone groups is 1. The Morgan fingerprint density at radius 3 is 2.00 bits per heavy atom. The molecule has 0 N–H and O–H groups in total. The van der Waals surface area contributed by atoms with Crippen molar-refractivity contribution in [1.82, 2.24) is 0 Å². The molecular formula is C16H19N3. The topological polar surface area (TPSA) is 18.8 Å². The molecule has 0 atom stereocenters. The molecule has 98 valence electrons. The minimum atomic E-state index is 1.07. The van der Waals surface area contributed by atoms with Crippen LogP contribution in [0.15, 0.2) is 59.7 Å². The third-order valence-electron chi connectivity index (χ3n) is 2.92. The lowest BCUT2D eigenvalue weighted by Gasteiger charge is -2.13. The fraction of sp³-hybridized carbons (Fsp3) is 0.188. The number of anilines is 2. The molecule has 0 bridgehead atoms. The maximum absolute atomic E-state index is 4.43. The van der Waals surface area contributed by atoms with E-state index >= 15 is 0 Å². The van der Waals surface area contributed by atoms with Crippen LogP contribution >= 0.6 is 0 Å². The maximum Gasteiger partial charge on any atom is 0.0590 e. The monoisotopic (exact) mass is 253 g/mol. The van der Waals surface area contributed by atoms with Crippen LogP contribution in [0.3, 0.4) is 0 Å². The van der Waals surface area contributed by atoms with Gasteiger partial charge in [0.1, 0.15) is 0 Å². The zero-order chi connectivity index (χ0) is 13.7. The maximum atomic E-state index is 4.43.